The molecule has 0 atom stereocenters. The van der Waals surface area contributed by atoms with Crippen LogP contribution in [0.5, 0.6) is 0 Å². The molecular formula is C14H28N2O2. The first-order chi connectivity index (χ1) is 8.52. The zero-order valence-electron chi connectivity index (χ0n) is 11.9. The van der Waals surface area contributed by atoms with Gasteiger partial charge in [-0.15, -0.1) is 0 Å². The molecule has 18 heavy (non-hydrogen) atoms. The third-order valence-corrected chi connectivity index (χ3v) is 3.99. The highest BCUT2D eigenvalue weighted by atomic mass is 16.4. The highest BCUT2D eigenvalue weighted by Crippen LogP contribution is 2.29. The van der Waals surface area contributed by atoms with E-state index in [1.54, 1.807) is 0 Å². The van der Waals surface area contributed by atoms with Crippen LogP contribution in [0, 0.1) is 5.41 Å². The number of nitrogens with zero attached hydrogens (tertiary/aromatic N) is 1. The molecule has 0 aromatic carbocycles. The summed E-state index contributed by atoms with van der Waals surface area (Å²) in [5.41, 5.74) is 0.452. The number of aliphatic carboxylic acids is 1. The molecule has 0 unspecified atom stereocenters. The molecule has 1 aliphatic heterocycles. The minimum atomic E-state index is -0.679. The number of carboxylic acids is 1. The van der Waals surface area contributed by atoms with Crippen LogP contribution in [-0.2, 0) is 4.79 Å². The van der Waals surface area contributed by atoms with Gasteiger partial charge in [-0.05, 0) is 57.8 Å². The van der Waals surface area contributed by atoms with Crippen molar-refractivity contribution in [3.63, 3.8) is 0 Å². The molecular weight excluding hydrogens is 228 g/mol. The molecule has 0 radical (unpaired) electrons. The maximum atomic E-state index is 10.3. The van der Waals surface area contributed by atoms with Gasteiger partial charge < -0.3 is 15.3 Å². The number of likely N-dealkylation sites (tertiary alicyclic amines) is 1. The summed E-state index contributed by atoms with van der Waals surface area (Å²) in [6.45, 7) is 6.90. The minimum Gasteiger partial charge on any atom is -0.481 e. The van der Waals surface area contributed by atoms with Crippen LogP contribution < -0.4 is 5.32 Å². The van der Waals surface area contributed by atoms with Gasteiger partial charge in [0.05, 0.1) is 0 Å². The molecule has 4 heteroatoms. The highest BCUT2D eigenvalue weighted by Gasteiger charge is 2.27. The molecule has 0 aromatic rings. The van der Waals surface area contributed by atoms with Crippen LogP contribution in [0.3, 0.4) is 0 Å². The van der Waals surface area contributed by atoms with Crippen molar-refractivity contribution in [2.75, 3.05) is 33.2 Å². The van der Waals surface area contributed by atoms with Gasteiger partial charge in [0, 0.05) is 13.0 Å². The standard InChI is InChI=1S/C14H28N2O2/c1-14(7-10-16(2)11-8-14)12-15-9-5-3-4-6-13(17)18/h15H,3-12H2,1-2H3,(H,17,18). The normalized spacial score (nSPS) is 19.9. The van der Waals surface area contributed by atoms with Crippen molar-refractivity contribution in [2.24, 2.45) is 5.41 Å². The summed E-state index contributed by atoms with van der Waals surface area (Å²) in [6.07, 6.45) is 5.76. The van der Waals surface area contributed by atoms with Crippen molar-refractivity contribution in [2.45, 2.75) is 45.4 Å². The summed E-state index contributed by atoms with van der Waals surface area (Å²) in [6, 6.07) is 0. The Hall–Kier alpha value is -0.610. The number of carbonyl (C=O) groups is 1. The molecule has 1 rings (SSSR count). The zero-order chi connectivity index (χ0) is 13.4. The summed E-state index contributed by atoms with van der Waals surface area (Å²) in [5, 5.41) is 12.1. The molecule has 0 saturated carbocycles. The summed E-state index contributed by atoms with van der Waals surface area (Å²) >= 11 is 0. The average Bonchev–Trinajstić information content (AvgIpc) is 2.32. The van der Waals surface area contributed by atoms with E-state index >= 15 is 0 Å². The number of unbranched alkanes of at least 4 members (excludes halogenated alkanes) is 2. The Morgan fingerprint density at radius 3 is 2.56 bits per heavy atom. The number of carboxylic acid groups (broad SMARTS) is 1. The monoisotopic (exact) mass is 256 g/mol. The smallest absolute Gasteiger partial charge is 0.303 e. The fraction of sp³-hybridized carbons (Fsp3) is 0.929. The predicted octanol–water partition coefficient (Wildman–Crippen LogP) is 1.95. The largest absolute Gasteiger partial charge is 0.481 e. The quantitative estimate of drug-likeness (QED) is 0.652. The van der Waals surface area contributed by atoms with Gasteiger partial charge in [0.25, 0.3) is 0 Å². The first-order valence-corrected chi connectivity index (χ1v) is 7.13. The number of rotatable bonds is 8. The first kappa shape index (κ1) is 15.4. The van der Waals surface area contributed by atoms with Gasteiger partial charge in [0.15, 0.2) is 0 Å². The van der Waals surface area contributed by atoms with Crippen molar-refractivity contribution in [3.8, 4) is 0 Å². The maximum Gasteiger partial charge on any atom is 0.303 e. The number of hydrogen-bond donors (Lipinski definition) is 2. The van der Waals surface area contributed by atoms with Gasteiger partial charge in [0.2, 0.25) is 0 Å². The minimum absolute atomic E-state index is 0.310. The maximum absolute atomic E-state index is 10.3. The lowest BCUT2D eigenvalue weighted by molar-refractivity contribution is -0.137. The van der Waals surface area contributed by atoms with Crippen LogP contribution in [0.15, 0.2) is 0 Å². The topological polar surface area (TPSA) is 52.6 Å². The lowest BCUT2D eigenvalue weighted by Crippen LogP contribution is -2.42. The third kappa shape index (κ3) is 6.36. The van der Waals surface area contributed by atoms with E-state index in [1.807, 2.05) is 0 Å². The Bertz CT molecular complexity index is 248. The second kappa shape index (κ2) is 7.74. The van der Waals surface area contributed by atoms with E-state index in [-0.39, 0.29) is 0 Å². The lowest BCUT2D eigenvalue weighted by atomic mass is 9.80. The van der Waals surface area contributed by atoms with E-state index in [0.29, 0.717) is 11.8 Å². The van der Waals surface area contributed by atoms with Crippen LogP contribution in [-0.4, -0.2) is 49.2 Å². The Morgan fingerprint density at radius 2 is 1.94 bits per heavy atom. The third-order valence-electron chi connectivity index (χ3n) is 3.99. The Balaban J connectivity index is 1.98. The first-order valence-electron chi connectivity index (χ1n) is 7.13. The fourth-order valence-electron chi connectivity index (χ4n) is 2.43. The van der Waals surface area contributed by atoms with Crippen molar-refractivity contribution >= 4 is 5.97 Å². The molecule has 0 aromatic heterocycles. The molecule has 1 fully saturated rings. The fourth-order valence-corrected chi connectivity index (χ4v) is 2.43. The van der Waals surface area contributed by atoms with Crippen molar-refractivity contribution in [1.29, 1.82) is 0 Å². The molecule has 0 spiro atoms. The van der Waals surface area contributed by atoms with E-state index in [9.17, 15) is 4.79 Å². The van der Waals surface area contributed by atoms with E-state index in [1.165, 1.54) is 25.9 Å². The van der Waals surface area contributed by atoms with Gasteiger partial charge in [-0.25, -0.2) is 0 Å². The van der Waals surface area contributed by atoms with Gasteiger partial charge in [-0.3, -0.25) is 4.79 Å². The second-order valence-electron chi connectivity index (χ2n) is 6.00. The highest BCUT2D eigenvalue weighted by molar-refractivity contribution is 5.66. The average molecular weight is 256 g/mol. The molecule has 4 nitrogen and oxygen atoms in total. The Labute approximate surface area is 111 Å². The van der Waals surface area contributed by atoms with Crippen LogP contribution in [0.1, 0.15) is 45.4 Å². The molecule has 0 amide bonds. The van der Waals surface area contributed by atoms with Gasteiger partial charge in [-0.1, -0.05) is 13.3 Å². The van der Waals surface area contributed by atoms with Crippen LogP contribution in [0.25, 0.3) is 0 Å². The number of hydrogen-bond acceptors (Lipinski definition) is 3. The number of nitrogens with one attached hydrogen (secondary N) is 1. The molecule has 0 bridgehead atoms. The Morgan fingerprint density at radius 1 is 1.28 bits per heavy atom. The Kier molecular flexibility index (Phi) is 6.65. The molecule has 1 heterocycles. The molecule has 0 aliphatic carbocycles. The second-order valence-corrected chi connectivity index (χ2v) is 6.00. The summed E-state index contributed by atoms with van der Waals surface area (Å²) in [4.78, 5) is 12.7. The van der Waals surface area contributed by atoms with Gasteiger partial charge in [0.1, 0.15) is 0 Å². The summed E-state index contributed by atoms with van der Waals surface area (Å²) in [5.74, 6) is -0.679. The molecule has 2 N–H and O–H groups in total. The van der Waals surface area contributed by atoms with Crippen molar-refractivity contribution in [1.82, 2.24) is 10.2 Å². The van der Waals surface area contributed by atoms with E-state index in [4.69, 9.17) is 5.11 Å². The van der Waals surface area contributed by atoms with E-state index in [0.717, 1.165) is 32.4 Å². The van der Waals surface area contributed by atoms with E-state index in [2.05, 4.69) is 24.2 Å². The van der Waals surface area contributed by atoms with E-state index < -0.39 is 5.97 Å². The van der Waals surface area contributed by atoms with Crippen LogP contribution >= 0.6 is 0 Å². The zero-order valence-corrected chi connectivity index (χ0v) is 11.9. The van der Waals surface area contributed by atoms with Crippen molar-refractivity contribution < 1.29 is 9.90 Å². The number of piperidine rings is 1. The van der Waals surface area contributed by atoms with Gasteiger partial charge >= 0.3 is 5.97 Å². The van der Waals surface area contributed by atoms with Crippen LogP contribution in [0.2, 0.25) is 0 Å². The summed E-state index contributed by atoms with van der Waals surface area (Å²) in [7, 11) is 2.19. The summed E-state index contributed by atoms with van der Waals surface area (Å²) < 4.78 is 0. The molecule has 106 valence electrons. The molecule has 1 saturated heterocycles. The molecule has 1 aliphatic rings. The van der Waals surface area contributed by atoms with Crippen molar-refractivity contribution in [3.05, 3.63) is 0 Å². The SMILES string of the molecule is CN1CCC(C)(CNCCCCCC(=O)O)CC1. The predicted molar refractivity (Wildman–Crippen MR) is 73.8 cm³/mol. The lowest BCUT2D eigenvalue weighted by Gasteiger charge is -2.38. The van der Waals surface area contributed by atoms with Gasteiger partial charge in [-0.2, -0.15) is 0 Å². The van der Waals surface area contributed by atoms with Crippen LogP contribution in [0.4, 0.5) is 0 Å².